The number of hydrogen-bond donors (Lipinski definition) is 1. The van der Waals surface area contributed by atoms with Gasteiger partial charge in [0.2, 0.25) is 11.8 Å². The van der Waals surface area contributed by atoms with Crippen molar-refractivity contribution in [1.29, 1.82) is 0 Å². The summed E-state index contributed by atoms with van der Waals surface area (Å²) in [5.41, 5.74) is 8.42. The van der Waals surface area contributed by atoms with Crippen LogP contribution >= 0.6 is 15.9 Å². The van der Waals surface area contributed by atoms with Gasteiger partial charge in [0, 0.05) is 67.5 Å². The van der Waals surface area contributed by atoms with E-state index in [-0.39, 0.29) is 12.2 Å². The summed E-state index contributed by atoms with van der Waals surface area (Å²) in [5.74, 6) is 4.08. The van der Waals surface area contributed by atoms with Crippen molar-refractivity contribution in [2.24, 2.45) is 0 Å². The molecule has 8 aromatic rings. The maximum Gasteiger partial charge on any atom is 0.245 e. The highest BCUT2D eigenvalue weighted by Gasteiger charge is 2.28. The molecule has 2 atom stereocenters. The largest absolute Gasteiger partial charge is 0.471 e. The average Bonchev–Trinajstić information content (AvgIpc) is 4.13. The number of anilines is 1. The normalized spacial score (nSPS) is 15.8. The van der Waals surface area contributed by atoms with Crippen LogP contribution in [0.5, 0.6) is 11.8 Å². The second-order valence-corrected chi connectivity index (χ2v) is 16.2. The van der Waals surface area contributed by atoms with E-state index in [0.29, 0.717) is 22.8 Å². The van der Waals surface area contributed by atoms with Crippen LogP contribution in [0.4, 0.5) is 5.69 Å². The van der Waals surface area contributed by atoms with E-state index in [1.807, 2.05) is 41.2 Å². The molecule has 8 heterocycles. The molecule has 0 bridgehead atoms. The standard InChI is InChI=1S/C23H25N7O.C16H19N7O.C7H7Br/c1-4-30-21(17-11-24-16(3)25-12-17)28-20-22(30)26-14-27-23(20)31-18-9-10-29(13-18)19-8-6-5-7-15(19)2;1-3-23-14(11-6-18-10(2)19-7-11)22-13-15(23)20-9-21-16(13)24-12-4-5-17-8-12;1-6-4-2-3-5-7(6)8/h5-8,11-12,14,18H,4,9-10,13H2,1-3H3;6-7,9,12,17H,3-5,8H2,1-2H3;2-5H,1H3/t18-;12-;/m00./s1. The quantitative estimate of drug-likeness (QED) is 0.149. The zero-order chi connectivity index (χ0) is 43.9. The number of fused-ring (bicyclic) bond motifs is 2. The Kier molecular flexibility index (Phi) is 13.5. The van der Waals surface area contributed by atoms with E-state index in [9.17, 15) is 0 Å². The van der Waals surface area contributed by atoms with Crippen LogP contribution in [0.3, 0.4) is 0 Å². The molecule has 0 radical (unpaired) electrons. The zero-order valence-electron chi connectivity index (χ0n) is 36.4. The van der Waals surface area contributed by atoms with Gasteiger partial charge in [-0.2, -0.15) is 9.97 Å². The lowest BCUT2D eigenvalue weighted by atomic mass is 10.2. The van der Waals surface area contributed by atoms with E-state index in [4.69, 9.17) is 19.4 Å². The Bertz CT molecular complexity index is 2770. The molecule has 63 heavy (non-hydrogen) atoms. The van der Waals surface area contributed by atoms with Gasteiger partial charge in [0.1, 0.15) is 48.2 Å². The summed E-state index contributed by atoms with van der Waals surface area (Å²) in [5, 5.41) is 3.29. The molecule has 324 valence electrons. The minimum absolute atomic E-state index is 0.0515. The second-order valence-electron chi connectivity index (χ2n) is 15.3. The first-order valence-corrected chi connectivity index (χ1v) is 22.1. The highest BCUT2D eigenvalue weighted by Crippen LogP contribution is 2.31. The van der Waals surface area contributed by atoms with Crippen LogP contribution in [-0.2, 0) is 13.1 Å². The van der Waals surface area contributed by atoms with Crippen molar-refractivity contribution in [3.8, 4) is 34.5 Å². The zero-order valence-corrected chi connectivity index (χ0v) is 38.0. The molecule has 0 spiro atoms. The summed E-state index contributed by atoms with van der Waals surface area (Å²) >= 11 is 3.40. The maximum atomic E-state index is 6.35. The Morgan fingerprint density at radius 3 is 1.63 bits per heavy atom. The number of nitrogens with one attached hydrogen (secondary N) is 1. The van der Waals surface area contributed by atoms with Crippen LogP contribution in [0.2, 0.25) is 0 Å². The minimum Gasteiger partial charge on any atom is -0.471 e. The molecule has 0 saturated carbocycles. The van der Waals surface area contributed by atoms with E-state index in [1.165, 1.54) is 27.6 Å². The van der Waals surface area contributed by atoms with Crippen LogP contribution in [0.15, 0.2) is 90.4 Å². The van der Waals surface area contributed by atoms with Crippen molar-refractivity contribution in [3.63, 3.8) is 0 Å². The molecule has 0 amide bonds. The summed E-state index contributed by atoms with van der Waals surface area (Å²) in [6, 6.07) is 16.6. The van der Waals surface area contributed by atoms with Gasteiger partial charge in [-0.1, -0.05) is 52.3 Å². The number of halogens is 1. The van der Waals surface area contributed by atoms with Crippen LogP contribution < -0.4 is 19.7 Å². The number of hydrogen-bond acceptors (Lipinski definition) is 14. The number of ether oxygens (including phenoxy) is 2. The fraction of sp³-hybridized carbons (Fsp3) is 0.348. The smallest absolute Gasteiger partial charge is 0.245 e. The maximum absolute atomic E-state index is 6.35. The van der Waals surface area contributed by atoms with Crippen molar-refractivity contribution >= 4 is 43.9 Å². The van der Waals surface area contributed by atoms with Crippen LogP contribution in [0.25, 0.3) is 45.1 Å². The highest BCUT2D eigenvalue weighted by atomic mass is 79.9. The number of nitrogens with zero attached hydrogens (tertiary/aromatic N) is 13. The highest BCUT2D eigenvalue weighted by molar-refractivity contribution is 9.10. The van der Waals surface area contributed by atoms with E-state index < -0.39 is 0 Å². The van der Waals surface area contributed by atoms with Gasteiger partial charge in [0.05, 0.1) is 17.7 Å². The van der Waals surface area contributed by atoms with Crippen LogP contribution in [0.1, 0.15) is 49.5 Å². The molecule has 2 aromatic carbocycles. The van der Waals surface area contributed by atoms with Gasteiger partial charge in [-0.3, -0.25) is 0 Å². The molecule has 16 nitrogen and oxygen atoms in total. The fourth-order valence-corrected chi connectivity index (χ4v) is 7.90. The topological polar surface area (TPSA) is 172 Å². The molecule has 17 heteroatoms. The van der Waals surface area contributed by atoms with Crippen LogP contribution in [0, 0.1) is 27.7 Å². The molecular formula is C46H51BrN14O2. The van der Waals surface area contributed by atoms with Gasteiger partial charge >= 0.3 is 0 Å². The van der Waals surface area contributed by atoms with E-state index in [1.54, 1.807) is 31.1 Å². The summed E-state index contributed by atoms with van der Waals surface area (Å²) in [6.45, 7) is 17.1. The summed E-state index contributed by atoms with van der Waals surface area (Å²) in [6.07, 6.45) is 12.3. The SMILES string of the molecule is CCn1c(-c2cnc(C)nc2)nc2c(O[C@H]3CCN(c4ccccc4C)C3)ncnc21.CCn1c(-c2cnc(C)nc2)nc2c(O[C@H]3CCNC3)ncnc21.Cc1ccccc1Br. The minimum atomic E-state index is 0.0515. The number of benzene rings is 2. The predicted octanol–water partition coefficient (Wildman–Crippen LogP) is 7.69. The van der Waals surface area contributed by atoms with Crippen LogP contribution in [-0.4, -0.2) is 97.4 Å². The first-order chi connectivity index (χ1) is 30.7. The average molecular weight is 912 g/mol. The van der Waals surface area contributed by atoms with Crippen molar-refractivity contribution in [2.75, 3.05) is 31.1 Å². The van der Waals surface area contributed by atoms with Crippen molar-refractivity contribution in [1.82, 2.24) is 64.3 Å². The fourth-order valence-electron chi connectivity index (χ4n) is 7.62. The third-order valence-electron chi connectivity index (χ3n) is 11.0. The lowest BCUT2D eigenvalue weighted by Crippen LogP contribution is -2.25. The Morgan fingerprint density at radius 2 is 1.16 bits per heavy atom. The van der Waals surface area contributed by atoms with Gasteiger partial charge in [-0.25, -0.2) is 39.9 Å². The number of para-hydroxylation sites is 1. The van der Waals surface area contributed by atoms with Gasteiger partial charge in [-0.05, 0) is 77.8 Å². The lowest BCUT2D eigenvalue weighted by Gasteiger charge is -2.20. The Morgan fingerprint density at radius 1 is 0.635 bits per heavy atom. The number of aryl methyl sites for hydroxylation is 6. The molecular weight excluding hydrogens is 861 g/mol. The molecule has 6 aromatic heterocycles. The number of rotatable bonds is 9. The molecule has 10 rings (SSSR count). The Balaban J connectivity index is 0.000000150. The Hall–Kier alpha value is -6.46. The monoisotopic (exact) mass is 910 g/mol. The molecule has 2 aliphatic rings. The molecule has 0 aliphatic carbocycles. The van der Waals surface area contributed by atoms with E-state index in [0.717, 1.165) is 97.8 Å². The summed E-state index contributed by atoms with van der Waals surface area (Å²) in [7, 11) is 0. The third kappa shape index (κ3) is 9.79. The van der Waals surface area contributed by atoms with Gasteiger partial charge in [0.15, 0.2) is 22.3 Å². The first kappa shape index (κ1) is 43.2. The molecule has 0 unspecified atom stereocenters. The third-order valence-corrected chi connectivity index (χ3v) is 11.8. The number of imidazole rings is 2. The molecule has 1 N–H and O–H groups in total. The molecule has 2 saturated heterocycles. The molecule has 2 fully saturated rings. The predicted molar refractivity (Wildman–Crippen MR) is 247 cm³/mol. The summed E-state index contributed by atoms with van der Waals surface area (Å²) < 4.78 is 17.6. The van der Waals surface area contributed by atoms with E-state index >= 15 is 0 Å². The van der Waals surface area contributed by atoms with Gasteiger partial charge < -0.3 is 28.8 Å². The first-order valence-electron chi connectivity index (χ1n) is 21.3. The van der Waals surface area contributed by atoms with Crippen molar-refractivity contribution in [3.05, 3.63) is 113 Å². The van der Waals surface area contributed by atoms with Crippen molar-refractivity contribution in [2.45, 2.75) is 79.7 Å². The van der Waals surface area contributed by atoms with Gasteiger partial charge in [0.25, 0.3) is 0 Å². The van der Waals surface area contributed by atoms with E-state index in [2.05, 4.69) is 124 Å². The van der Waals surface area contributed by atoms with Gasteiger partial charge in [-0.15, -0.1) is 0 Å². The molecule has 2 aliphatic heterocycles. The van der Waals surface area contributed by atoms with Crippen molar-refractivity contribution < 1.29 is 9.47 Å². The Labute approximate surface area is 374 Å². The lowest BCUT2D eigenvalue weighted by molar-refractivity contribution is 0.216. The second kappa shape index (κ2) is 19.7. The number of aromatic nitrogens is 12. The summed E-state index contributed by atoms with van der Waals surface area (Å²) in [4.78, 5) is 46.7.